The largest absolute Gasteiger partial charge is 0.497 e. The zero-order valence-electron chi connectivity index (χ0n) is 19.0. The molecule has 0 radical (unpaired) electrons. The molecule has 1 heterocycles. The molecular formula is C26H23F6NO2. The molecule has 0 aliphatic rings. The van der Waals surface area contributed by atoms with E-state index in [1.165, 1.54) is 13.3 Å². The van der Waals surface area contributed by atoms with E-state index in [9.17, 15) is 31.1 Å². The molecule has 0 unspecified atom stereocenters. The number of hydrogen-bond acceptors (Lipinski definition) is 3. The van der Waals surface area contributed by atoms with Gasteiger partial charge in [0, 0.05) is 25.0 Å². The number of carbonyl (C=O) groups is 1. The average molecular weight is 495 g/mol. The van der Waals surface area contributed by atoms with Crippen molar-refractivity contribution < 1.29 is 35.9 Å². The van der Waals surface area contributed by atoms with E-state index in [0.717, 1.165) is 42.0 Å². The Morgan fingerprint density at radius 3 is 2.17 bits per heavy atom. The van der Waals surface area contributed by atoms with Crippen LogP contribution in [-0.2, 0) is 17.1 Å². The van der Waals surface area contributed by atoms with Gasteiger partial charge < -0.3 is 4.74 Å². The summed E-state index contributed by atoms with van der Waals surface area (Å²) in [6, 6.07) is 12.9. The van der Waals surface area contributed by atoms with Crippen LogP contribution in [0.1, 0.15) is 59.5 Å². The Morgan fingerprint density at radius 2 is 1.57 bits per heavy atom. The topological polar surface area (TPSA) is 39.2 Å². The summed E-state index contributed by atoms with van der Waals surface area (Å²) in [4.78, 5) is 16.9. The number of benzene rings is 2. The number of halogens is 6. The number of ketones is 1. The van der Waals surface area contributed by atoms with Gasteiger partial charge in [-0.05, 0) is 53.4 Å². The molecule has 35 heavy (non-hydrogen) atoms. The van der Waals surface area contributed by atoms with Crippen LogP contribution in [0.5, 0.6) is 5.75 Å². The molecule has 2 aromatic carbocycles. The zero-order chi connectivity index (χ0) is 25.8. The fraction of sp³-hybridized carbons (Fsp3) is 0.308. The molecule has 9 heteroatoms. The number of alkyl halides is 6. The number of pyridine rings is 1. The highest BCUT2D eigenvalue weighted by Gasteiger charge is 2.37. The van der Waals surface area contributed by atoms with Crippen molar-refractivity contribution in [2.45, 2.75) is 44.0 Å². The third-order valence-corrected chi connectivity index (χ3v) is 5.74. The molecular weight excluding hydrogens is 472 g/mol. The maximum Gasteiger partial charge on any atom is 0.418 e. The fourth-order valence-corrected chi connectivity index (χ4v) is 3.93. The number of ether oxygens (including phenoxy) is 1. The van der Waals surface area contributed by atoms with Gasteiger partial charge in [-0.25, -0.2) is 0 Å². The standard InChI is InChI=1S/C26H23F6NO2/c1-16(18-5-3-6-21(14-18)35-2)13-20(34)15-22(17-8-10-19(11-9-17)25(27,28)29)24-23(26(30,31)32)7-4-12-33-24/h3-12,14,16,22H,13,15H2,1-2H3/t16-,22+/m1/s1. The quantitative estimate of drug-likeness (QED) is 0.306. The summed E-state index contributed by atoms with van der Waals surface area (Å²) in [6.45, 7) is 1.81. The van der Waals surface area contributed by atoms with Crippen molar-refractivity contribution >= 4 is 5.78 Å². The van der Waals surface area contributed by atoms with E-state index in [1.54, 1.807) is 18.2 Å². The van der Waals surface area contributed by atoms with Gasteiger partial charge in [-0.2, -0.15) is 26.3 Å². The van der Waals surface area contributed by atoms with Crippen molar-refractivity contribution in [3.05, 3.63) is 94.8 Å². The molecule has 3 rings (SSSR count). The number of carbonyl (C=O) groups excluding carboxylic acids is 1. The van der Waals surface area contributed by atoms with Crippen LogP contribution in [0.3, 0.4) is 0 Å². The first-order chi connectivity index (χ1) is 16.4. The molecule has 0 aliphatic carbocycles. The Balaban J connectivity index is 1.94. The highest BCUT2D eigenvalue weighted by Crippen LogP contribution is 2.39. The SMILES string of the molecule is COc1cccc([C@H](C)CC(=O)C[C@@H](c2ccc(C(F)(F)F)cc2)c2ncccc2C(F)(F)F)c1. The molecule has 0 bridgehead atoms. The van der Waals surface area contributed by atoms with Gasteiger partial charge in [0.05, 0.1) is 23.9 Å². The Labute approximate surface area is 198 Å². The molecule has 3 aromatic rings. The van der Waals surface area contributed by atoms with E-state index in [-0.39, 0.29) is 30.1 Å². The zero-order valence-corrected chi connectivity index (χ0v) is 19.0. The smallest absolute Gasteiger partial charge is 0.418 e. The van der Waals surface area contributed by atoms with Gasteiger partial charge in [-0.1, -0.05) is 31.2 Å². The predicted molar refractivity (Wildman–Crippen MR) is 118 cm³/mol. The van der Waals surface area contributed by atoms with Crippen LogP contribution < -0.4 is 4.74 Å². The van der Waals surface area contributed by atoms with Crippen LogP contribution >= 0.6 is 0 Å². The van der Waals surface area contributed by atoms with Gasteiger partial charge in [0.2, 0.25) is 0 Å². The molecule has 0 fully saturated rings. The maximum absolute atomic E-state index is 13.7. The number of aromatic nitrogens is 1. The van der Waals surface area contributed by atoms with Crippen molar-refractivity contribution in [3.8, 4) is 5.75 Å². The van der Waals surface area contributed by atoms with E-state index in [0.29, 0.717) is 5.75 Å². The van der Waals surface area contributed by atoms with E-state index >= 15 is 0 Å². The van der Waals surface area contributed by atoms with Gasteiger partial charge in [-0.15, -0.1) is 0 Å². The molecule has 1 aromatic heterocycles. The third-order valence-electron chi connectivity index (χ3n) is 5.74. The Bertz CT molecular complexity index is 1160. The number of methoxy groups -OCH3 is 1. The number of hydrogen-bond donors (Lipinski definition) is 0. The highest BCUT2D eigenvalue weighted by molar-refractivity contribution is 5.80. The summed E-state index contributed by atoms with van der Waals surface area (Å²) < 4.78 is 85.3. The van der Waals surface area contributed by atoms with E-state index in [1.807, 2.05) is 13.0 Å². The van der Waals surface area contributed by atoms with Crippen LogP contribution in [0.25, 0.3) is 0 Å². The van der Waals surface area contributed by atoms with E-state index < -0.39 is 35.1 Å². The van der Waals surface area contributed by atoms with Crippen molar-refractivity contribution in [2.24, 2.45) is 0 Å². The summed E-state index contributed by atoms with van der Waals surface area (Å²) in [5.41, 5.74) is -1.40. The lowest BCUT2D eigenvalue weighted by Gasteiger charge is -2.22. The lowest BCUT2D eigenvalue weighted by atomic mass is 9.85. The molecule has 0 saturated carbocycles. The predicted octanol–water partition coefficient (Wildman–Crippen LogP) is 7.41. The molecule has 0 N–H and O–H groups in total. The first-order valence-electron chi connectivity index (χ1n) is 10.7. The van der Waals surface area contributed by atoms with E-state index in [2.05, 4.69) is 4.98 Å². The normalized spacial score (nSPS) is 13.8. The molecule has 0 saturated heterocycles. The number of nitrogens with zero attached hydrogens (tertiary/aromatic N) is 1. The second kappa shape index (κ2) is 10.5. The first kappa shape index (κ1) is 26.2. The lowest BCUT2D eigenvalue weighted by Crippen LogP contribution is -2.18. The molecule has 186 valence electrons. The summed E-state index contributed by atoms with van der Waals surface area (Å²) in [5, 5.41) is 0. The Morgan fingerprint density at radius 1 is 0.886 bits per heavy atom. The van der Waals surface area contributed by atoms with Gasteiger partial charge in [0.25, 0.3) is 0 Å². The van der Waals surface area contributed by atoms with Gasteiger partial charge in [0.15, 0.2) is 0 Å². The minimum absolute atomic E-state index is 0.0263. The average Bonchev–Trinajstić information content (AvgIpc) is 2.81. The van der Waals surface area contributed by atoms with Crippen LogP contribution in [0.2, 0.25) is 0 Å². The summed E-state index contributed by atoms with van der Waals surface area (Å²) in [5.74, 6) is -1.16. The second-order valence-electron chi connectivity index (χ2n) is 8.23. The fourth-order valence-electron chi connectivity index (χ4n) is 3.93. The Kier molecular flexibility index (Phi) is 7.87. The monoisotopic (exact) mass is 495 g/mol. The molecule has 0 spiro atoms. The van der Waals surface area contributed by atoms with Crippen LogP contribution in [0.4, 0.5) is 26.3 Å². The minimum Gasteiger partial charge on any atom is -0.497 e. The van der Waals surface area contributed by atoms with Crippen LogP contribution in [-0.4, -0.2) is 17.9 Å². The van der Waals surface area contributed by atoms with Crippen molar-refractivity contribution in [1.82, 2.24) is 4.98 Å². The van der Waals surface area contributed by atoms with Crippen molar-refractivity contribution in [1.29, 1.82) is 0 Å². The molecule has 3 nitrogen and oxygen atoms in total. The molecule has 0 aliphatic heterocycles. The van der Waals surface area contributed by atoms with Gasteiger partial charge in [-0.3, -0.25) is 9.78 Å². The summed E-state index contributed by atoms with van der Waals surface area (Å²) in [7, 11) is 1.51. The number of Topliss-reactive ketones (excluding diaryl/α,β-unsaturated/α-hetero) is 1. The first-order valence-corrected chi connectivity index (χ1v) is 10.7. The van der Waals surface area contributed by atoms with Gasteiger partial charge in [0.1, 0.15) is 11.5 Å². The highest BCUT2D eigenvalue weighted by atomic mass is 19.4. The maximum atomic E-state index is 13.7. The summed E-state index contributed by atoms with van der Waals surface area (Å²) >= 11 is 0. The van der Waals surface area contributed by atoms with Crippen molar-refractivity contribution in [3.63, 3.8) is 0 Å². The third kappa shape index (κ3) is 6.61. The second-order valence-corrected chi connectivity index (χ2v) is 8.23. The molecule has 0 amide bonds. The summed E-state index contributed by atoms with van der Waals surface area (Å²) in [6.07, 6.45) is -8.49. The Hall–Kier alpha value is -3.36. The van der Waals surface area contributed by atoms with Crippen LogP contribution in [0.15, 0.2) is 66.9 Å². The molecule has 2 atom stereocenters. The minimum atomic E-state index is -4.75. The van der Waals surface area contributed by atoms with Crippen LogP contribution in [0, 0.1) is 0 Å². The lowest BCUT2D eigenvalue weighted by molar-refractivity contribution is -0.139. The van der Waals surface area contributed by atoms with Gasteiger partial charge >= 0.3 is 12.4 Å². The number of rotatable bonds is 8. The van der Waals surface area contributed by atoms with E-state index in [4.69, 9.17) is 4.74 Å². The van der Waals surface area contributed by atoms with Crippen molar-refractivity contribution in [2.75, 3.05) is 7.11 Å².